The Hall–Kier alpha value is -0.530. The lowest BCUT2D eigenvalue weighted by Crippen LogP contribution is -3.00. The van der Waals surface area contributed by atoms with Gasteiger partial charge in [-0.2, -0.15) is 0 Å². The summed E-state index contributed by atoms with van der Waals surface area (Å²) in [5.74, 6) is 1.30. The number of hydrogen-bond donors (Lipinski definition) is 0. The first-order valence-electron chi connectivity index (χ1n) is 5.78. The molecule has 1 rings (SSSR count). The summed E-state index contributed by atoms with van der Waals surface area (Å²) in [4.78, 5) is 1.61. The standard InChI is InChI=1S/C14H21S.ClH/c1-3-10-14-11-8-6-5-7-9-13-15(14)12-4-2;/h5-9,11,13H,3-4,10,12H2,1-2H3;1H/q+1;/p-1. The number of halogens is 1. The summed E-state index contributed by atoms with van der Waals surface area (Å²) in [5, 5.41) is 2.37. The molecule has 0 aliphatic rings. The highest BCUT2D eigenvalue weighted by Crippen LogP contribution is 2.24. The number of aryl methyl sites for hydroxylation is 2. The van der Waals surface area contributed by atoms with Crippen molar-refractivity contribution >= 4 is 10.5 Å². The lowest BCUT2D eigenvalue weighted by Gasteiger charge is -1.94. The van der Waals surface area contributed by atoms with E-state index in [-0.39, 0.29) is 12.4 Å². The lowest BCUT2D eigenvalue weighted by atomic mass is 10.3. The molecule has 0 aromatic carbocycles. The molecule has 1 atom stereocenters. The van der Waals surface area contributed by atoms with Gasteiger partial charge in [-0.3, -0.25) is 0 Å². The fourth-order valence-corrected chi connectivity index (χ4v) is 3.56. The van der Waals surface area contributed by atoms with Gasteiger partial charge in [0.25, 0.3) is 0 Å². The first kappa shape index (κ1) is 15.5. The minimum absolute atomic E-state index is 0. The van der Waals surface area contributed by atoms with E-state index in [4.69, 9.17) is 0 Å². The van der Waals surface area contributed by atoms with Gasteiger partial charge in [-0.25, -0.2) is 0 Å². The van der Waals surface area contributed by atoms with E-state index in [1.165, 1.54) is 25.0 Å². The Bertz CT molecular complexity index is 298. The third-order valence-electron chi connectivity index (χ3n) is 2.23. The summed E-state index contributed by atoms with van der Waals surface area (Å²) < 4.78 is 0. The molecular weight excluding hydrogens is 236 g/mol. The molecule has 16 heavy (non-hydrogen) atoms. The first-order chi connectivity index (χ1) is 7.38. The molecule has 0 aliphatic carbocycles. The minimum Gasteiger partial charge on any atom is -1.00 e. The number of hydrogen-bond acceptors (Lipinski definition) is 0. The van der Waals surface area contributed by atoms with Crippen LogP contribution in [0.15, 0.2) is 41.8 Å². The Morgan fingerprint density at radius 1 is 0.938 bits per heavy atom. The van der Waals surface area contributed by atoms with Gasteiger partial charge in [0.15, 0.2) is 0 Å². The summed E-state index contributed by atoms with van der Waals surface area (Å²) in [5.41, 5.74) is 0. The summed E-state index contributed by atoms with van der Waals surface area (Å²) in [6.45, 7) is 4.52. The normalized spacial score (nSPS) is 10.2. The third kappa shape index (κ3) is 5.53. The average molecular weight is 257 g/mol. The van der Waals surface area contributed by atoms with E-state index in [1.807, 2.05) is 0 Å². The molecule has 0 saturated carbocycles. The maximum atomic E-state index is 2.37. The van der Waals surface area contributed by atoms with Crippen LogP contribution in [0.5, 0.6) is 0 Å². The fourth-order valence-electron chi connectivity index (χ4n) is 1.55. The zero-order chi connectivity index (χ0) is 10.9. The largest absolute Gasteiger partial charge is 1.00 e. The average Bonchev–Trinajstić information content (AvgIpc) is 2.34. The maximum absolute atomic E-state index is 2.37. The summed E-state index contributed by atoms with van der Waals surface area (Å²) >= 11 is 0. The Balaban J connectivity index is 0.00000225. The van der Waals surface area contributed by atoms with E-state index >= 15 is 0 Å². The van der Waals surface area contributed by atoms with E-state index in [9.17, 15) is 0 Å². The minimum atomic E-state index is 0. The highest BCUT2D eigenvalue weighted by molar-refractivity contribution is 7.29. The van der Waals surface area contributed by atoms with E-state index in [2.05, 4.69) is 55.6 Å². The molecular formula is C14H21ClS. The molecule has 0 amide bonds. The van der Waals surface area contributed by atoms with Gasteiger partial charge in [0.2, 0.25) is 0 Å². The van der Waals surface area contributed by atoms with Crippen LogP contribution >= 0.6 is 10.5 Å². The molecule has 1 aromatic heterocycles. The van der Waals surface area contributed by atoms with Crippen molar-refractivity contribution in [1.29, 1.82) is 0 Å². The van der Waals surface area contributed by atoms with Crippen molar-refractivity contribution in [1.82, 2.24) is 0 Å². The Kier molecular flexibility index (Phi) is 9.36. The SMILES string of the molecule is CCCc1ccccccc[s+]1CCC.[Cl-]. The molecule has 1 aromatic rings. The second-order valence-electron chi connectivity index (χ2n) is 3.61. The third-order valence-corrected chi connectivity index (χ3v) is 4.57. The smallest absolute Gasteiger partial charge is 0.150 e. The van der Waals surface area contributed by atoms with Crippen molar-refractivity contribution in [3.8, 4) is 0 Å². The van der Waals surface area contributed by atoms with Crippen LogP contribution in [0, 0.1) is 0 Å². The molecule has 0 bridgehead atoms. The van der Waals surface area contributed by atoms with Crippen LogP contribution < -0.4 is 12.4 Å². The Morgan fingerprint density at radius 3 is 2.31 bits per heavy atom. The van der Waals surface area contributed by atoms with E-state index < -0.39 is 0 Å². The predicted octanol–water partition coefficient (Wildman–Crippen LogP) is 1.93. The molecule has 90 valence electrons. The second-order valence-corrected chi connectivity index (χ2v) is 5.68. The molecule has 0 fully saturated rings. The summed E-state index contributed by atoms with van der Waals surface area (Å²) in [7, 11) is 0.356. The van der Waals surface area contributed by atoms with E-state index in [0.29, 0.717) is 10.5 Å². The Labute approximate surface area is 108 Å². The molecule has 1 unspecified atom stereocenters. The summed E-state index contributed by atoms with van der Waals surface area (Å²) in [6.07, 6.45) is 3.74. The molecule has 0 nitrogen and oxygen atoms in total. The van der Waals surface area contributed by atoms with Crippen molar-refractivity contribution in [3.63, 3.8) is 0 Å². The van der Waals surface area contributed by atoms with Crippen LogP contribution in [0.25, 0.3) is 0 Å². The van der Waals surface area contributed by atoms with Gasteiger partial charge >= 0.3 is 0 Å². The van der Waals surface area contributed by atoms with Gasteiger partial charge in [0.05, 0.1) is 0 Å². The van der Waals surface area contributed by atoms with Gasteiger partial charge in [0, 0.05) is 6.42 Å². The van der Waals surface area contributed by atoms with Gasteiger partial charge < -0.3 is 12.4 Å². The zero-order valence-electron chi connectivity index (χ0n) is 10.2. The predicted molar refractivity (Wildman–Crippen MR) is 70.8 cm³/mol. The monoisotopic (exact) mass is 256 g/mol. The van der Waals surface area contributed by atoms with Crippen molar-refractivity contribution in [2.75, 3.05) is 0 Å². The van der Waals surface area contributed by atoms with Crippen LogP contribution in [0.2, 0.25) is 0 Å². The van der Waals surface area contributed by atoms with Gasteiger partial charge in [0.1, 0.15) is 16.0 Å². The Morgan fingerprint density at radius 2 is 1.62 bits per heavy atom. The second kappa shape index (κ2) is 9.68. The van der Waals surface area contributed by atoms with Crippen molar-refractivity contribution in [2.24, 2.45) is 0 Å². The van der Waals surface area contributed by atoms with E-state index in [1.54, 1.807) is 4.88 Å². The molecule has 0 radical (unpaired) electrons. The van der Waals surface area contributed by atoms with Crippen molar-refractivity contribution in [2.45, 2.75) is 38.9 Å². The van der Waals surface area contributed by atoms with Crippen molar-refractivity contribution in [3.05, 3.63) is 46.7 Å². The molecule has 2 heteroatoms. The van der Waals surface area contributed by atoms with Crippen molar-refractivity contribution < 1.29 is 12.4 Å². The van der Waals surface area contributed by atoms with E-state index in [0.717, 1.165) is 0 Å². The highest BCUT2D eigenvalue weighted by Gasteiger charge is 2.06. The van der Waals surface area contributed by atoms with Gasteiger partial charge in [-0.15, -0.1) is 0 Å². The summed E-state index contributed by atoms with van der Waals surface area (Å²) in [6, 6.07) is 13.0. The molecule has 0 saturated heterocycles. The fraction of sp³-hybridized carbons (Fsp3) is 0.429. The van der Waals surface area contributed by atoms with Gasteiger partial charge in [-0.1, -0.05) is 38.1 Å². The van der Waals surface area contributed by atoms with Gasteiger partial charge in [-0.05, 0) is 35.4 Å². The van der Waals surface area contributed by atoms with Crippen LogP contribution in [0.3, 0.4) is 0 Å². The maximum Gasteiger partial charge on any atom is 0.150 e. The topological polar surface area (TPSA) is 0 Å². The molecule has 0 spiro atoms. The first-order valence-corrected chi connectivity index (χ1v) is 7.24. The van der Waals surface area contributed by atoms with Crippen LogP contribution in [-0.2, 0) is 12.2 Å². The number of rotatable bonds is 4. The molecule has 1 heterocycles. The molecule has 0 aliphatic heterocycles. The lowest BCUT2D eigenvalue weighted by molar-refractivity contribution is -0.00000321. The molecule has 0 N–H and O–H groups in total. The van der Waals surface area contributed by atoms with Crippen LogP contribution in [0.4, 0.5) is 0 Å². The highest BCUT2D eigenvalue weighted by atomic mass is 35.5. The van der Waals surface area contributed by atoms with Crippen LogP contribution in [0.1, 0.15) is 31.6 Å². The van der Waals surface area contributed by atoms with Crippen LogP contribution in [-0.4, -0.2) is 0 Å². The quantitative estimate of drug-likeness (QED) is 0.723. The zero-order valence-corrected chi connectivity index (χ0v) is 11.7.